The monoisotopic (exact) mass is 479 g/mol. The molecule has 1 atom stereocenters. The van der Waals surface area contributed by atoms with Crippen LogP contribution in [-0.2, 0) is 6.54 Å². The van der Waals surface area contributed by atoms with Gasteiger partial charge in [0.1, 0.15) is 5.01 Å². The Hall–Kier alpha value is -0.410. The Morgan fingerprint density at radius 3 is 2.60 bits per heavy atom. The van der Waals surface area contributed by atoms with Crippen LogP contribution in [0.25, 0.3) is 0 Å². The van der Waals surface area contributed by atoms with E-state index in [0.29, 0.717) is 12.6 Å². The number of hydrogen-bond donors (Lipinski definition) is 2. The number of halogens is 1. The predicted octanol–water partition coefficient (Wildman–Crippen LogP) is 3.64. The minimum atomic E-state index is 0. The average Bonchev–Trinajstić information content (AvgIpc) is 2.99. The van der Waals surface area contributed by atoms with Crippen molar-refractivity contribution in [3.05, 3.63) is 16.1 Å². The SMILES string of the molecule is CCNC(=NCc1ncc(C)s1)NCC(C1CCCCC1)N(C)C.I. The van der Waals surface area contributed by atoms with E-state index in [1.165, 1.54) is 37.0 Å². The number of nitrogens with zero attached hydrogens (tertiary/aromatic N) is 3. The van der Waals surface area contributed by atoms with Crippen molar-refractivity contribution >= 4 is 41.3 Å². The van der Waals surface area contributed by atoms with Crippen LogP contribution in [0.15, 0.2) is 11.2 Å². The number of rotatable bonds is 7. The van der Waals surface area contributed by atoms with Crippen molar-refractivity contribution in [1.29, 1.82) is 0 Å². The summed E-state index contributed by atoms with van der Waals surface area (Å²) in [5.41, 5.74) is 0. The first kappa shape index (κ1) is 22.6. The van der Waals surface area contributed by atoms with E-state index in [1.54, 1.807) is 11.3 Å². The fourth-order valence-corrected chi connectivity index (χ4v) is 4.17. The first-order chi connectivity index (χ1) is 11.6. The molecule has 144 valence electrons. The lowest BCUT2D eigenvalue weighted by Crippen LogP contribution is -2.48. The second-order valence-corrected chi connectivity index (χ2v) is 8.19. The maximum atomic E-state index is 4.70. The molecule has 0 aliphatic heterocycles. The van der Waals surface area contributed by atoms with Gasteiger partial charge >= 0.3 is 0 Å². The number of thiazole rings is 1. The van der Waals surface area contributed by atoms with Crippen molar-refractivity contribution in [3.63, 3.8) is 0 Å². The third-order valence-electron chi connectivity index (χ3n) is 4.72. The normalized spacial score (nSPS) is 17.2. The highest BCUT2D eigenvalue weighted by molar-refractivity contribution is 14.0. The number of aromatic nitrogens is 1. The van der Waals surface area contributed by atoms with Crippen LogP contribution in [0.4, 0.5) is 0 Å². The highest BCUT2D eigenvalue weighted by Gasteiger charge is 2.25. The molecular formula is C18H34IN5S. The molecule has 1 fully saturated rings. The lowest BCUT2D eigenvalue weighted by molar-refractivity contribution is 0.171. The molecule has 0 saturated heterocycles. The van der Waals surface area contributed by atoms with Gasteiger partial charge in [-0.1, -0.05) is 19.3 Å². The number of nitrogens with one attached hydrogen (secondary N) is 2. The quantitative estimate of drug-likeness (QED) is 0.356. The Morgan fingerprint density at radius 2 is 2.04 bits per heavy atom. The molecule has 0 aromatic carbocycles. The molecule has 1 unspecified atom stereocenters. The second-order valence-electron chi connectivity index (χ2n) is 6.87. The van der Waals surface area contributed by atoms with Crippen LogP contribution in [-0.4, -0.2) is 49.1 Å². The van der Waals surface area contributed by atoms with E-state index >= 15 is 0 Å². The van der Waals surface area contributed by atoms with Gasteiger partial charge in [-0.05, 0) is 46.7 Å². The van der Waals surface area contributed by atoms with E-state index in [0.717, 1.165) is 30.0 Å². The minimum absolute atomic E-state index is 0. The van der Waals surface area contributed by atoms with Crippen LogP contribution in [0.3, 0.4) is 0 Å². The lowest BCUT2D eigenvalue weighted by atomic mass is 9.83. The Bertz CT molecular complexity index is 511. The van der Waals surface area contributed by atoms with Gasteiger partial charge in [-0.2, -0.15) is 0 Å². The van der Waals surface area contributed by atoms with E-state index in [-0.39, 0.29) is 24.0 Å². The molecule has 1 heterocycles. The van der Waals surface area contributed by atoms with Crippen molar-refractivity contribution in [2.45, 2.75) is 58.5 Å². The molecule has 1 aliphatic carbocycles. The Kier molecular flexibility index (Phi) is 10.9. The molecular weight excluding hydrogens is 445 g/mol. The van der Waals surface area contributed by atoms with Gasteiger partial charge in [0.2, 0.25) is 0 Å². The number of aryl methyl sites for hydroxylation is 1. The third-order valence-corrected chi connectivity index (χ3v) is 5.62. The van der Waals surface area contributed by atoms with Crippen molar-refractivity contribution in [2.24, 2.45) is 10.9 Å². The van der Waals surface area contributed by atoms with Crippen LogP contribution >= 0.6 is 35.3 Å². The van der Waals surface area contributed by atoms with Crippen LogP contribution in [0.1, 0.15) is 48.9 Å². The third kappa shape index (κ3) is 7.78. The Labute approximate surface area is 174 Å². The Morgan fingerprint density at radius 1 is 1.32 bits per heavy atom. The summed E-state index contributed by atoms with van der Waals surface area (Å²) in [4.78, 5) is 12.7. The van der Waals surface area contributed by atoms with Crippen molar-refractivity contribution in [1.82, 2.24) is 20.5 Å². The predicted molar refractivity (Wildman–Crippen MR) is 119 cm³/mol. The van der Waals surface area contributed by atoms with E-state index in [9.17, 15) is 0 Å². The van der Waals surface area contributed by atoms with E-state index < -0.39 is 0 Å². The molecule has 25 heavy (non-hydrogen) atoms. The molecule has 0 spiro atoms. The van der Waals surface area contributed by atoms with Crippen molar-refractivity contribution in [3.8, 4) is 0 Å². The van der Waals surface area contributed by atoms with Gasteiger partial charge in [-0.3, -0.25) is 0 Å². The topological polar surface area (TPSA) is 52.6 Å². The number of hydrogen-bond acceptors (Lipinski definition) is 4. The molecule has 5 nitrogen and oxygen atoms in total. The van der Waals surface area contributed by atoms with Gasteiger partial charge in [-0.25, -0.2) is 9.98 Å². The van der Waals surface area contributed by atoms with Gasteiger partial charge in [0.15, 0.2) is 5.96 Å². The minimum Gasteiger partial charge on any atom is -0.357 e. The Balaban J connectivity index is 0.00000312. The van der Waals surface area contributed by atoms with Crippen molar-refractivity contribution < 1.29 is 0 Å². The maximum absolute atomic E-state index is 4.70. The number of likely N-dealkylation sites (N-methyl/N-ethyl adjacent to an activating group) is 1. The molecule has 1 aromatic heterocycles. The molecule has 7 heteroatoms. The highest BCUT2D eigenvalue weighted by atomic mass is 127. The van der Waals surface area contributed by atoms with Gasteiger partial charge in [0.05, 0.1) is 6.54 Å². The lowest BCUT2D eigenvalue weighted by Gasteiger charge is -2.35. The zero-order chi connectivity index (χ0) is 17.4. The highest BCUT2D eigenvalue weighted by Crippen LogP contribution is 2.28. The zero-order valence-electron chi connectivity index (χ0n) is 16.0. The second kappa shape index (κ2) is 12.1. The summed E-state index contributed by atoms with van der Waals surface area (Å²) in [6, 6.07) is 0.566. The first-order valence-corrected chi connectivity index (χ1v) is 10.0. The van der Waals surface area contributed by atoms with Crippen molar-refractivity contribution in [2.75, 3.05) is 27.2 Å². The maximum Gasteiger partial charge on any atom is 0.191 e. The first-order valence-electron chi connectivity index (χ1n) is 9.20. The number of guanidine groups is 1. The van der Waals surface area contributed by atoms with Crippen LogP contribution < -0.4 is 10.6 Å². The van der Waals surface area contributed by atoms with Gasteiger partial charge in [0, 0.05) is 30.2 Å². The smallest absolute Gasteiger partial charge is 0.191 e. The summed E-state index contributed by atoms with van der Waals surface area (Å²) < 4.78 is 0. The average molecular weight is 479 g/mol. The molecule has 1 aromatic rings. The number of aliphatic imine (C=N–C) groups is 1. The van der Waals surface area contributed by atoms with E-state index in [1.807, 2.05) is 6.20 Å². The molecule has 2 N–H and O–H groups in total. The van der Waals surface area contributed by atoms with Gasteiger partial charge in [0.25, 0.3) is 0 Å². The molecule has 0 radical (unpaired) electrons. The van der Waals surface area contributed by atoms with Gasteiger partial charge in [-0.15, -0.1) is 35.3 Å². The van der Waals surface area contributed by atoms with Crippen LogP contribution in [0.5, 0.6) is 0 Å². The molecule has 0 bridgehead atoms. The van der Waals surface area contributed by atoms with E-state index in [4.69, 9.17) is 4.99 Å². The zero-order valence-corrected chi connectivity index (χ0v) is 19.2. The molecule has 1 saturated carbocycles. The summed E-state index contributed by atoms with van der Waals surface area (Å²) in [5.74, 6) is 1.69. The largest absolute Gasteiger partial charge is 0.357 e. The fraction of sp³-hybridized carbons (Fsp3) is 0.778. The van der Waals surface area contributed by atoms with Gasteiger partial charge < -0.3 is 15.5 Å². The molecule has 1 aliphatic rings. The summed E-state index contributed by atoms with van der Waals surface area (Å²) in [5, 5.41) is 7.98. The summed E-state index contributed by atoms with van der Waals surface area (Å²) in [7, 11) is 4.40. The molecule has 2 rings (SSSR count). The summed E-state index contributed by atoms with van der Waals surface area (Å²) in [6.07, 6.45) is 8.80. The van der Waals surface area contributed by atoms with E-state index in [2.05, 4.69) is 48.5 Å². The van der Waals surface area contributed by atoms with Crippen LogP contribution in [0, 0.1) is 12.8 Å². The fourth-order valence-electron chi connectivity index (χ4n) is 3.45. The standard InChI is InChI=1S/C18H33N5S.HI/c1-5-19-18(22-13-17-20-11-14(2)24-17)21-12-16(23(3)4)15-9-7-6-8-10-15;/h11,15-16H,5-10,12-13H2,1-4H3,(H2,19,21,22);1H. The van der Waals surface area contributed by atoms with Crippen LogP contribution in [0.2, 0.25) is 0 Å². The summed E-state index contributed by atoms with van der Waals surface area (Å²) >= 11 is 1.72. The summed E-state index contributed by atoms with van der Waals surface area (Å²) in [6.45, 7) is 6.65. The molecule has 0 amide bonds.